The Morgan fingerprint density at radius 2 is 1.93 bits per heavy atom. The molecule has 0 aliphatic carbocycles. The van der Waals surface area contributed by atoms with Gasteiger partial charge in [0.25, 0.3) is 0 Å². The van der Waals surface area contributed by atoms with E-state index in [9.17, 15) is 13.2 Å². The molecule has 0 atom stereocenters. The van der Waals surface area contributed by atoms with Gasteiger partial charge >= 0.3 is 6.18 Å². The van der Waals surface area contributed by atoms with E-state index in [2.05, 4.69) is 4.98 Å². The average Bonchev–Trinajstić information content (AvgIpc) is 3.07. The molecule has 2 N–H and O–H groups in total. The van der Waals surface area contributed by atoms with Crippen LogP contribution in [0.4, 0.5) is 13.2 Å². The summed E-state index contributed by atoms with van der Waals surface area (Å²) >= 11 is 0. The van der Waals surface area contributed by atoms with E-state index in [0.717, 1.165) is 17.7 Å². The van der Waals surface area contributed by atoms with Gasteiger partial charge in [0, 0.05) is 12.1 Å². The highest BCUT2D eigenvalue weighted by Gasteiger charge is 2.30. The van der Waals surface area contributed by atoms with Crippen molar-refractivity contribution in [3.8, 4) is 17.2 Å². The van der Waals surface area contributed by atoms with Crippen LogP contribution < -0.4 is 10.2 Å². The summed E-state index contributed by atoms with van der Waals surface area (Å²) < 4.78 is 49.4. The normalized spacial score (nSPS) is 11.9. The Labute approximate surface area is 165 Å². The number of hydrogen-bond acceptors (Lipinski definition) is 5. The number of aromatic nitrogens is 1. The highest BCUT2D eigenvalue weighted by atomic mass is 19.4. The van der Waals surface area contributed by atoms with Gasteiger partial charge < -0.3 is 14.4 Å². The first-order valence-corrected chi connectivity index (χ1v) is 8.77. The highest BCUT2D eigenvalue weighted by Crippen LogP contribution is 2.31. The Morgan fingerprint density at radius 3 is 2.62 bits per heavy atom. The maximum absolute atomic E-state index is 12.7. The number of ether oxygens (including phenoxy) is 1. The van der Waals surface area contributed by atoms with Crippen LogP contribution in [0, 0.1) is 6.92 Å². The van der Waals surface area contributed by atoms with Crippen molar-refractivity contribution in [3.63, 3.8) is 0 Å². The quantitative estimate of drug-likeness (QED) is 0.527. The van der Waals surface area contributed by atoms with Gasteiger partial charge in [-0.05, 0) is 48.9 Å². The third-order valence-corrected chi connectivity index (χ3v) is 4.10. The Hall–Kier alpha value is -3.10. The van der Waals surface area contributed by atoms with E-state index in [1.165, 1.54) is 12.1 Å². The van der Waals surface area contributed by atoms with Crippen molar-refractivity contribution in [3.05, 3.63) is 77.2 Å². The van der Waals surface area contributed by atoms with Crippen LogP contribution in [-0.4, -0.2) is 16.7 Å². The Bertz CT molecular complexity index is 980. The zero-order valence-corrected chi connectivity index (χ0v) is 15.5. The van der Waals surface area contributed by atoms with Gasteiger partial charge in [0.1, 0.15) is 23.8 Å². The zero-order valence-electron chi connectivity index (χ0n) is 15.5. The minimum absolute atomic E-state index is 0.154. The van der Waals surface area contributed by atoms with Crippen LogP contribution in [0.15, 0.2) is 59.0 Å². The van der Waals surface area contributed by atoms with E-state index in [1.54, 1.807) is 19.1 Å². The van der Waals surface area contributed by atoms with Crippen molar-refractivity contribution >= 4 is 6.08 Å². The summed E-state index contributed by atoms with van der Waals surface area (Å²) in [5.41, 5.74) is 3.23. The number of oxazole rings is 1. The van der Waals surface area contributed by atoms with Gasteiger partial charge in [-0.3, -0.25) is 0 Å². The predicted molar refractivity (Wildman–Crippen MR) is 101 cm³/mol. The molecule has 3 aromatic rings. The van der Waals surface area contributed by atoms with Crippen LogP contribution in [0.1, 0.15) is 22.6 Å². The number of rotatable bonds is 7. The summed E-state index contributed by atoms with van der Waals surface area (Å²) in [6.45, 7) is 2.21. The van der Waals surface area contributed by atoms with E-state index < -0.39 is 11.7 Å². The summed E-state index contributed by atoms with van der Waals surface area (Å²) in [6, 6.07) is 12.0. The second kappa shape index (κ2) is 8.93. The molecule has 0 amide bonds. The molecule has 5 nitrogen and oxygen atoms in total. The van der Waals surface area contributed by atoms with Gasteiger partial charge in [0.05, 0.1) is 5.56 Å². The van der Waals surface area contributed by atoms with Crippen LogP contribution in [0.25, 0.3) is 17.5 Å². The molecular formula is C21H19F3N2O3. The fourth-order valence-corrected chi connectivity index (χ4v) is 2.59. The lowest BCUT2D eigenvalue weighted by atomic mass is 10.1. The van der Waals surface area contributed by atoms with Crippen molar-refractivity contribution in [2.75, 3.05) is 6.54 Å². The maximum Gasteiger partial charge on any atom is 0.416 e. The second-order valence-electron chi connectivity index (χ2n) is 6.22. The molecule has 0 aliphatic rings. The molecule has 1 heterocycles. The molecule has 0 unspecified atom stereocenters. The number of aryl methyl sites for hydroxylation is 1. The molecule has 0 aliphatic heterocycles. The van der Waals surface area contributed by atoms with Gasteiger partial charge in [0.2, 0.25) is 5.89 Å². The molecule has 29 heavy (non-hydrogen) atoms. The number of halogens is 3. The summed E-state index contributed by atoms with van der Waals surface area (Å²) in [4.78, 5) is 4.35. The third kappa shape index (κ3) is 5.46. The van der Waals surface area contributed by atoms with Crippen LogP contribution in [0.2, 0.25) is 0 Å². The Morgan fingerprint density at radius 1 is 1.17 bits per heavy atom. The van der Waals surface area contributed by atoms with E-state index in [4.69, 9.17) is 14.4 Å². The largest absolute Gasteiger partial charge is 0.487 e. The minimum Gasteiger partial charge on any atom is -0.487 e. The van der Waals surface area contributed by atoms with Gasteiger partial charge in [0.15, 0.2) is 0 Å². The lowest BCUT2D eigenvalue weighted by Gasteiger charge is -2.06. The van der Waals surface area contributed by atoms with Crippen LogP contribution in [0.5, 0.6) is 5.75 Å². The van der Waals surface area contributed by atoms with Crippen molar-refractivity contribution in [2.45, 2.75) is 19.7 Å². The molecule has 0 radical (unpaired) electrons. The smallest absolute Gasteiger partial charge is 0.416 e. The maximum atomic E-state index is 12.7. The number of benzene rings is 2. The first-order chi connectivity index (χ1) is 13.9. The van der Waals surface area contributed by atoms with Crippen molar-refractivity contribution in [2.24, 2.45) is 0 Å². The fourth-order valence-electron chi connectivity index (χ4n) is 2.59. The summed E-state index contributed by atoms with van der Waals surface area (Å²) in [5.74, 6) is 1.40. The van der Waals surface area contributed by atoms with Gasteiger partial charge in [-0.15, -0.1) is 0 Å². The SMILES string of the molecule is Cc1oc(-c2ccc(C(F)(F)F)cc2)nc1COc1cccc(/C=C/CNO)c1. The fraction of sp³-hybridized carbons (Fsp3) is 0.190. The molecule has 0 saturated heterocycles. The van der Waals surface area contributed by atoms with Gasteiger partial charge in [-0.1, -0.05) is 24.3 Å². The van der Waals surface area contributed by atoms with Crippen molar-refractivity contribution in [1.29, 1.82) is 0 Å². The van der Waals surface area contributed by atoms with E-state index >= 15 is 0 Å². The monoisotopic (exact) mass is 404 g/mol. The summed E-state index contributed by atoms with van der Waals surface area (Å²) in [5, 5.41) is 8.58. The number of nitrogens with one attached hydrogen (secondary N) is 1. The van der Waals surface area contributed by atoms with E-state index in [-0.39, 0.29) is 12.5 Å². The van der Waals surface area contributed by atoms with Gasteiger partial charge in [-0.2, -0.15) is 13.2 Å². The van der Waals surface area contributed by atoms with Crippen molar-refractivity contribution < 1.29 is 27.5 Å². The molecule has 0 spiro atoms. The Kier molecular flexibility index (Phi) is 6.36. The first kappa shape index (κ1) is 20.6. The lowest BCUT2D eigenvalue weighted by molar-refractivity contribution is -0.137. The molecule has 0 bridgehead atoms. The summed E-state index contributed by atoms with van der Waals surface area (Å²) in [6.07, 6.45) is -0.792. The van der Waals surface area contributed by atoms with Crippen LogP contribution >= 0.6 is 0 Å². The molecule has 152 valence electrons. The summed E-state index contributed by atoms with van der Waals surface area (Å²) in [7, 11) is 0. The molecule has 1 aromatic heterocycles. The standard InChI is InChI=1S/C21H19F3N2O3/c1-14-19(13-28-18-6-2-4-15(12-18)5-3-11-25-27)26-20(29-14)16-7-9-17(10-8-16)21(22,23)24/h2-10,12,25,27H,11,13H2,1H3/b5-3+. The third-order valence-electron chi connectivity index (χ3n) is 4.10. The molecule has 2 aromatic carbocycles. The topological polar surface area (TPSA) is 67.5 Å². The second-order valence-corrected chi connectivity index (χ2v) is 6.22. The predicted octanol–water partition coefficient (Wildman–Crippen LogP) is 5.24. The first-order valence-electron chi connectivity index (χ1n) is 8.77. The van der Waals surface area contributed by atoms with Crippen LogP contribution in [0.3, 0.4) is 0 Å². The van der Waals surface area contributed by atoms with Crippen LogP contribution in [-0.2, 0) is 12.8 Å². The number of hydrogen-bond donors (Lipinski definition) is 2. The molecular weight excluding hydrogens is 385 g/mol. The zero-order chi connectivity index (χ0) is 20.9. The number of alkyl halides is 3. The molecule has 3 rings (SSSR count). The number of hydroxylamine groups is 1. The molecule has 0 fully saturated rings. The lowest BCUT2D eigenvalue weighted by Crippen LogP contribution is -2.04. The molecule has 0 saturated carbocycles. The van der Waals surface area contributed by atoms with E-state index in [0.29, 0.717) is 29.3 Å². The minimum atomic E-state index is -4.39. The Balaban J connectivity index is 1.69. The van der Waals surface area contributed by atoms with E-state index in [1.807, 2.05) is 29.8 Å². The number of nitrogens with zero attached hydrogens (tertiary/aromatic N) is 1. The molecule has 8 heteroatoms. The average molecular weight is 404 g/mol. The van der Waals surface area contributed by atoms with Crippen molar-refractivity contribution in [1.82, 2.24) is 10.5 Å². The highest BCUT2D eigenvalue weighted by molar-refractivity contribution is 5.54. The van der Waals surface area contributed by atoms with Gasteiger partial charge in [-0.25, -0.2) is 10.5 Å².